The van der Waals surface area contributed by atoms with Crippen LogP contribution in [-0.4, -0.2) is 26.0 Å². The summed E-state index contributed by atoms with van der Waals surface area (Å²) in [6, 6.07) is 9.77. The van der Waals surface area contributed by atoms with Gasteiger partial charge in [0.15, 0.2) is 0 Å². The number of rotatable bonds is 5. The fourth-order valence-corrected chi connectivity index (χ4v) is 3.67. The molecule has 0 radical (unpaired) electrons. The molecule has 0 fully saturated rings. The van der Waals surface area contributed by atoms with E-state index in [-0.39, 0.29) is 28.2 Å². The smallest absolute Gasteiger partial charge is 0.258 e. The Kier molecular flexibility index (Phi) is 5.73. The molecule has 2 heterocycles. The molecule has 3 aromatic rings. The van der Waals surface area contributed by atoms with E-state index in [2.05, 4.69) is 0 Å². The lowest BCUT2D eigenvalue weighted by molar-refractivity contribution is 0.340. The van der Waals surface area contributed by atoms with Crippen LogP contribution in [0, 0.1) is 13.8 Å². The first-order valence-electron chi connectivity index (χ1n) is 9.69. The number of aromatic hydroxyl groups is 2. The fourth-order valence-electron chi connectivity index (χ4n) is 3.67. The van der Waals surface area contributed by atoms with Gasteiger partial charge in [-0.25, -0.2) is 0 Å². The molecule has 30 heavy (non-hydrogen) atoms. The molecule has 0 spiro atoms. The van der Waals surface area contributed by atoms with E-state index in [1.807, 2.05) is 6.92 Å². The monoisotopic (exact) mass is 410 g/mol. The molecule has 0 saturated heterocycles. The van der Waals surface area contributed by atoms with Gasteiger partial charge in [-0.15, -0.1) is 0 Å². The molecular formula is C23H26N2O5. The zero-order valence-corrected chi connectivity index (χ0v) is 17.8. The Balaban J connectivity index is 2.38. The molecule has 2 aromatic heterocycles. The van der Waals surface area contributed by atoms with E-state index in [1.165, 1.54) is 15.2 Å². The molecule has 1 atom stereocenters. The highest BCUT2D eigenvalue weighted by Gasteiger charge is 2.29. The van der Waals surface area contributed by atoms with E-state index in [0.29, 0.717) is 34.9 Å². The van der Waals surface area contributed by atoms with E-state index in [0.717, 1.165) is 6.07 Å². The molecule has 0 amide bonds. The lowest BCUT2D eigenvalue weighted by Gasteiger charge is -2.24. The van der Waals surface area contributed by atoms with Crippen molar-refractivity contribution in [1.82, 2.24) is 9.13 Å². The minimum atomic E-state index is -0.785. The van der Waals surface area contributed by atoms with Gasteiger partial charge in [0, 0.05) is 43.0 Å². The molecule has 3 rings (SSSR count). The van der Waals surface area contributed by atoms with Crippen molar-refractivity contribution in [2.24, 2.45) is 14.1 Å². The molecule has 0 saturated carbocycles. The summed E-state index contributed by atoms with van der Waals surface area (Å²) in [7, 11) is 3.23. The maximum Gasteiger partial charge on any atom is 0.258 e. The summed E-state index contributed by atoms with van der Waals surface area (Å²) in [5.74, 6) is -0.507. The first-order valence-corrected chi connectivity index (χ1v) is 9.69. The normalized spacial score (nSPS) is 12.0. The Hall–Kier alpha value is -3.48. The van der Waals surface area contributed by atoms with Crippen molar-refractivity contribution in [3.8, 4) is 17.2 Å². The highest BCUT2D eigenvalue weighted by Crippen LogP contribution is 2.40. The van der Waals surface area contributed by atoms with Crippen LogP contribution in [0.5, 0.6) is 17.2 Å². The Labute approximate surface area is 174 Å². The van der Waals surface area contributed by atoms with Crippen LogP contribution < -0.4 is 15.9 Å². The average molecular weight is 410 g/mol. The van der Waals surface area contributed by atoms with Crippen LogP contribution in [0.15, 0.2) is 46.0 Å². The topological polar surface area (TPSA) is 93.7 Å². The second-order valence-corrected chi connectivity index (χ2v) is 7.31. The number of aromatic nitrogens is 2. The van der Waals surface area contributed by atoms with Crippen LogP contribution in [0.25, 0.3) is 0 Å². The van der Waals surface area contributed by atoms with Crippen LogP contribution in [0.4, 0.5) is 0 Å². The molecule has 0 aliphatic carbocycles. The van der Waals surface area contributed by atoms with Gasteiger partial charge in [-0.1, -0.05) is 12.1 Å². The molecule has 7 heteroatoms. The number of hydrogen-bond acceptors (Lipinski definition) is 5. The molecular weight excluding hydrogens is 384 g/mol. The van der Waals surface area contributed by atoms with Crippen molar-refractivity contribution < 1.29 is 14.9 Å². The summed E-state index contributed by atoms with van der Waals surface area (Å²) in [5, 5.41) is 21.5. The molecule has 2 N–H and O–H groups in total. The maximum absolute atomic E-state index is 13.2. The number of hydrogen-bond donors (Lipinski definition) is 2. The van der Waals surface area contributed by atoms with Crippen LogP contribution in [0.3, 0.4) is 0 Å². The van der Waals surface area contributed by atoms with Gasteiger partial charge >= 0.3 is 0 Å². The van der Waals surface area contributed by atoms with E-state index < -0.39 is 5.92 Å². The van der Waals surface area contributed by atoms with E-state index in [1.54, 1.807) is 52.2 Å². The third-order valence-corrected chi connectivity index (χ3v) is 5.55. The van der Waals surface area contributed by atoms with Crippen LogP contribution in [-0.2, 0) is 14.1 Å². The number of ether oxygens (including phenoxy) is 1. The van der Waals surface area contributed by atoms with E-state index >= 15 is 0 Å². The fraction of sp³-hybridized carbons (Fsp3) is 0.304. The predicted molar refractivity (Wildman–Crippen MR) is 115 cm³/mol. The Morgan fingerprint density at radius 2 is 1.53 bits per heavy atom. The number of nitrogens with zero attached hydrogens (tertiary/aromatic N) is 2. The van der Waals surface area contributed by atoms with Gasteiger partial charge in [0.25, 0.3) is 11.1 Å². The second-order valence-electron chi connectivity index (χ2n) is 7.31. The van der Waals surface area contributed by atoms with Gasteiger partial charge in [-0.2, -0.15) is 0 Å². The van der Waals surface area contributed by atoms with Gasteiger partial charge in [0.2, 0.25) is 0 Å². The largest absolute Gasteiger partial charge is 0.507 e. The average Bonchev–Trinajstić information content (AvgIpc) is 2.70. The molecule has 1 unspecified atom stereocenters. The molecule has 1 aromatic carbocycles. The van der Waals surface area contributed by atoms with E-state index in [9.17, 15) is 19.8 Å². The second kappa shape index (κ2) is 8.10. The summed E-state index contributed by atoms with van der Waals surface area (Å²) in [6.45, 7) is 5.83. The molecule has 158 valence electrons. The first kappa shape index (κ1) is 21.2. The Bertz CT molecular complexity index is 1210. The molecule has 0 bridgehead atoms. The van der Waals surface area contributed by atoms with Gasteiger partial charge in [0.1, 0.15) is 17.2 Å². The molecule has 0 aliphatic rings. The van der Waals surface area contributed by atoms with Crippen LogP contribution in [0.2, 0.25) is 0 Å². The van der Waals surface area contributed by atoms with Crippen molar-refractivity contribution in [2.75, 3.05) is 6.61 Å². The van der Waals surface area contributed by atoms with Crippen molar-refractivity contribution in [3.63, 3.8) is 0 Å². The quantitative estimate of drug-likeness (QED) is 0.675. The van der Waals surface area contributed by atoms with E-state index in [4.69, 9.17) is 4.74 Å². The summed E-state index contributed by atoms with van der Waals surface area (Å²) in [6.07, 6.45) is 0. The Morgan fingerprint density at radius 3 is 2.13 bits per heavy atom. The first-order chi connectivity index (χ1) is 14.2. The third-order valence-electron chi connectivity index (χ3n) is 5.55. The zero-order chi connectivity index (χ0) is 22.2. The van der Waals surface area contributed by atoms with Crippen LogP contribution >= 0.6 is 0 Å². The summed E-state index contributed by atoms with van der Waals surface area (Å²) < 4.78 is 8.36. The van der Waals surface area contributed by atoms with Gasteiger partial charge in [0.05, 0.1) is 12.2 Å². The standard InChI is InChI=1S/C23H26N2O5/c1-6-30-16-9-7-15(8-10-16)21(20-14(3)25(5)19(28)12-18(20)27)22-17(26)11-13(2)24(4)23(22)29/h7-12,21,26-27H,6H2,1-5H3. The number of aryl methyl sites for hydroxylation is 1. The third kappa shape index (κ3) is 3.58. The van der Waals surface area contributed by atoms with Gasteiger partial charge < -0.3 is 24.1 Å². The lowest BCUT2D eigenvalue weighted by atomic mass is 9.83. The molecule has 0 aliphatic heterocycles. The van der Waals surface area contributed by atoms with Crippen LogP contribution in [0.1, 0.15) is 40.9 Å². The van der Waals surface area contributed by atoms with Crippen molar-refractivity contribution in [3.05, 3.63) is 85.2 Å². The van der Waals surface area contributed by atoms with Crippen molar-refractivity contribution in [2.45, 2.75) is 26.7 Å². The highest BCUT2D eigenvalue weighted by molar-refractivity contribution is 5.54. The summed E-state index contributed by atoms with van der Waals surface area (Å²) >= 11 is 0. The zero-order valence-electron chi connectivity index (χ0n) is 17.8. The van der Waals surface area contributed by atoms with Gasteiger partial charge in [-0.05, 0) is 44.5 Å². The summed E-state index contributed by atoms with van der Waals surface area (Å²) in [5.41, 5.74) is 1.56. The van der Waals surface area contributed by atoms with Crippen molar-refractivity contribution in [1.29, 1.82) is 0 Å². The maximum atomic E-state index is 13.2. The minimum Gasteiger partial charge on any atom is -0.507 e. The van der Waals surface area contributed by atoms with Gasteiger partial charge in [-0.3, -0.25) is 9.59 Å². The van der Waals surface area contributed by atoms with Crippen molar-refractivity contribution >= 4 is 0 Å². The minimum absolute atomic E-state index is 0.129. The number of benzene rings is 1. The number of pyridine rings is 2. The Morgan fingerprint density at radius 1 is 0.933 bits per heavy atom. The molecule has 7 nitrogen and oxygen atoms in total. The SMILES string of the molecule is CCOc1ccc(C(c2c(O)cc(=O)n(C)c2C)c2c(O)cc(C)n(C)c2=O)cc1. The highest BCUT2D eigenvalue weighted by atomic mass is 16.5. The lowest BCUT2D eigenvalue weighted by Crippen LogP contribution is -2.28. The predicted octanol–water partition coefficient (Wildman–Crippen LogP) is 2.69. The summed E-state index contributed by atoms with van der Waals surface area (Å²) in [4.78, 5) is 25.3.